The van der Waals surface area contributed by atoms with Gasteiger partial charge in [0.1, 0.15) is 0 Å². The van der Waals surface area contributed by atoms with Crippen LogP contribution in [-0.2, 0) is 16.4 Å². The van der Waals surface area contributed by atoms with E-state index >= 15 is 0 Å². The summed E-state index contributed by atoms with van der Waals surface area (Å²) < 4.78 is 28.4. The largest absolute Gasteiger partial charge is 0.346 e. The zero-order chi connectivity index (χ0) is 18.7. The molecule has 142 valence electrons. The number of hydrogen-bond donors (Lipinski definition) is 0. The lowest BCUT2D eigenvalue weighted by Crippen LogP contribution is -2.31. The fraction of sp³-hybridized carbons (Fsp3) is 0.364. The molecule has 2 heterocycles. The highest BCUT2D eigenvalue weighted by Crippen LogP contribution is 2.30. The molecule has 0 saturated carbocycles. The van der Waals surface area contributed by atoms with Crippen molar-refractivity contribution in [3.8, 4) is 0 Å². The predicted octanol–water partition coefficient (Wildman–Crippen LogP) is 4.35. The summed E-state index contributed by atoms with van der Waals surface area (Å²) in [6.07, 6.45) is 6.80. The Balaban J connectivity index is 1.61. The Hall–Kier alpha value is -2.11. The fourth-order valence-electron chi connectivity index (χ4n) is 3.99. The van der Waals surface area contributed by atoms with Crippen molar-refractivity contribution in [3.63, 3.8) is 0 Å². The molecule has 1 saturated heterocycles. The van der Waals surface area contributed by atoms with E-state index in [9.17, 15) is 8.42 Å². The van der Waals surface area contributed by atoms with Crippen molar-refractivity contribution in [2.45, 2.75) is 42.0 Å². The van der Waals surface area contributed by atoms with E-state index in [0.29, 0.717) is 9.79 Å². The SMILES string of the molecule is O=S(=O)(c1ccccc1)c1cn(CCCN2CCCCC2)c2ccccc12. The smallest absolute Gasteiger partial charge is 0.208 e. The van der Waals surface area contributed by atoms with Crippen LogP contribution < -0.4 is 0 Å². The normalized spacial score (nSPS) is 16.0. The maximum absolute atomic E-state index is 13.2. The van der Waals surface area contributed by atoms with Crippen LogP contribution in [0.1, 0.15) is 25.7 Å². The van der Waals surface area contributed by atoms with Gasteiger partial charge < -0.3 is 9.47 Å². The van der Waals surface area contributed by atoms with Gasteiger partial charge in [-0.15, -0.1) is 0 Å². The molecule has 3 aromatic rings. The van der Waals surface area contributed by atoms with Crippen molar-refractivity contribution < 1.29 is 8.42 Å². The Morgan fingerprint density at radius 1 is 0.815 bits per heavy atom. The summed E-state index contributed by atoms with van der Waals surface area (Å²) in [5.41, 5.74) is 0.991. The third-order valence-electron chi connectivity index (χ3n) is 5.42. The van der Waals surface area contributed by atoms with Gasteiger partial charge in [0.2, 0.25) is 9.84 Å². The highest BCUT2D eigenvalue weighted by Gasteiger charge is 2.23. The molecule has 1 aliphatic heterocycles. The Morgan fingerprint density at radius 2 is 1.52 bits per heavy atom. The average molecular weight is 383 g/mol. The number of hydrogen-bond acceptors (Lipinski definition) is 3. The molecule has 4 nitrogen and oxygen atoms in total. The minimum atomic E-state index is -3.52. The van der Waals surface area contributed by atoms with Crippen molar-refractivity contribution in [2.75, 3.05) is 19.6 Å². The van der Waals surface area contributed by atoms with Gasteiger partial charge in [0.15, 0.2) is 0 Å². The van der Waals surface area contributed by atoms with E-state index in [-0.39, 0.29) is 0 Å². The van der Waals surface area contributed by atoms with Gasteiger partial charge in [0.05, 0.1) is 9.79 Å². The number of rotatable bonds is 6. The summed E-state index contributed by atoms with van der Waals surface area (Å²) in [4.78, 5) is 3.28. The molecular formula is C22H26N2O2S. The first-order chi connectivity index (χ1) is 13.2. The molecule has 1 fully saturated rings. The molecule has 1 aromatic heterocycles. The van der Waals surface area contributed by atoms with E-state index in [0.717, 1.165) is 30.4 Å². The number of aromatic nitrogens is 1. The number of sulfone groups is 1. The minimum absolute atomic E-state index is 0.348. The van der Waals surface area contributed by atoms with Gasteiger partial charge in [0.25, 0.3) is 0 Å². The fourth-order valence-corrected chi connectivity index (χ4v) is 5.48. The third kappa shape index (κ3) is 3.80. The maximum atomic E-state index is 13.2. The first-order valence-corrected chi connectivity index (χ1v) is 11.2. The van der Waals surface area contributed by atoms with E-state index in [1.807, 2.05) is 36.5 Å². The standard InChI is InChI=1S/C22H26N2O2S/c25-27(26,19-10-3-1-4-11-19)22-18-24(21-13-6-5-12-20(21)22)17-9-16-23-14-7-2-8-15-23/h1,3-6,10-13,18H,2,7-9,14-17H2. The number of likely N-dealkylation sites (tertiary alicyclic amines) is 1. The Labute approximate surface area is 161 Å². The minimum Gasteiger partial charge on any atom is -0.346 e. The van der Waals surface area contributed by atoms with Crippen molar-refractivity contribution >= 4 is 20.7 Å². The van der Waals surface area contributed by atoms with Crippen LogP contribution in [0.2, 0.25) is 0 Å². The van der Waals surface area contributed by atoms with E-state index in [1.165, 1.54) is 32.4 Å². The number of para-hydroxylation sites is 1. The second-order valence-corrected chi connectivity index (χ2v) is 9.19. The van der Waals surface area contributed by atoms with Crippen LogP contribution in [-0.4, -0.2) is 37.5 Å². The Morgan fingerprint density at radius 3 is 2.30 bits per heavy atom. The first kappa shape index (κ1) is 18.3. The summed E-state index contributed by atoms with van der Waals surface area (Å²) in [5, 5.41) is 0.805. The van der Waals surface area contributed by atoms with Crippen LogP contribution in [0, 0.1) is 0 Å². The van der Waals surface area contributed by atoms with Gasteiger partial charge >= 0.3 is 0 Å². The van der Waals surface area contributed by atoms with E-state index < -0.39 is 9.84 Å². The highest BCUT2D eigenvalue weighted by atomic mass is 32.2. The molecule has 0 atom stereocenters. The van der Waals surface area contributed by atoms with Crippen LogP contribution in [0.4, 0.5) is 0 Å². The molecular weight excluding hydrogens is 356 g/mol. The second-order valence-electron chi connectivity index (χ2n) is 7.28. The van der Waals surface area contributed by atoms with E-state index in [2.05, 4.69) is 9.47 Å². The first-order valence-electron chi connectivity index (χ1n) is 9.77. The highest BCUT2D eigenvalue weighted by molar-refractivity contribution is 7.91. The zero-order valence-electron chi connectivity index (χ0n) is 15.5. The van der Waals surface area contributed by atoms with Gasteiger partial charge in [0, 0.05) is 23.6 Å². The molecule has 0 N–H and O–H groups in total. The molecule has 27 heavy (non-hydrogen) atoms. The quantitative estimate of drug-likeness (QED) is 0.636. The van der Waals surface area contributed by atoms with Gasteiger partial charge in [-0.1, -0.05) is 42.8 Å². The predicted molar refractivity (Wildman–Crippen MR) is 109 cm³/mol. The lowest BCUT2D eigenvalue weighted by Gasteiger charge is -2.26. The molecule has 0 bridgehead atoms. The van der Waals surface area contributed by atoms with Crippen molar-refractivity contribution in [2.24, 2.45) is 0 Å². The van der Waals surface area contributed by atoms with Gasteiger partial charge in [-0.05, 0) is 57.1 Å². The van der Waals surface area contributed by atoms with Crippen LogP contribution >= 0.6 is 0 Å². The Bertz CT molecular complexity index is 1000. The van der Waals surface area contributed by atoms with Crippen LogP contribution in [0.5, 0.6) is 0 Å². The average Bonchev–Trinajstić information content (AvgIpc) is 3.09. The lowest BCUT2D eigenvalue weighted by atomic mass is 10.1. The lowest BCUT2D eigenvalue weighted by molar-refractivity contribution is 0.223. The number of aryl methyl sites for hydroxylation is 1. The number of piperidine rings is 1. The van der Waals surface area contributed by atoms with Crippen LogP contribution in [0.3, 0.4) is 0 Å². The summed E-state index contributed by atoms with van der Waals surface area (Å²) in [6.45, 7) is 4.30. The van der Waals surface area contributed by atoms with E-state index in [1.54, 1.807) is 24.3 Å². The van der Waals surface area contributed by atoms with Gasteiger partial charge in [-0.2, -0.15) is 0 Å². The molecule has 0 radical (unpaired) electrons. The molecule has 0 unspecified atom stereocenters. The third-order valence-corrected chi connectivity index (χ3v) is 7.21. The number of benzene rings is 2. The van der Waals surface area contributed by atoms with Crippen molar-refractivity contribution in [1.82, 2.24) is 9.47 Å². The summed E-state index contributed by atoms with van der Waals surface area (Å²) in [5.74, 6) is 0. The molecule has 1 aliphatic rings. The van der Waals surface area contributed by atoms with Gasteiger partial charge in [-0.3, -0.25) is 0 Å². The second kappa shape index (κ2) is 7.87. The molecule has 0 amide bonds. The van der Waals surface area contributed by atoms with Crippen LogP contribution in [0.25, 0.3) is 10.9 Å². The number of fused-ring (bicyclic) bond motifs is 1. The summed E-state index contributed by atoms with van der Waals surface area (Å²) in [7, 11) is -3.52. The monoisotopic (exact) mass is 382 g/mol. The van der Waals surface area contributed by atoms with Crippen molar-refractivity contribution in [3.05, 3.63) is 60.8 Å². The molecule has 0 spiro atoms. The number of nitrogens with zero attached hydrogens (tertiary/aromatic N) is 2. The molecule has 5 heteroatoms. The molecule has 2 aromatic carbocycles. The van der Waals surface area contributed by atoms with Crippen molar-refractivity contribution in [1.29, 1.82) is 0 Å². The van der Waals surface area contributed by atoms with Crippen LogP contribution in [0.15, 0.2) is 70.6 Å². The zero-order valence-corrected chi connectivity index (χ0v) is 16.4. The topological polar surface area (TPSA) is 42.3 Å². The maximum Gasteiger partial charge on any atom is 0.208 e. The molecule has 0 aliphatic carbocycles. The molecule has 4 rings (SSSR count). The van der Waals surface area contributed by atoms with E-state index in [4.69, 9.17) is 0 Å². The summed E-state index contributed by atoms with van der Waals surface area (Å²) in [6, 6.07) is 16.5. The Kier molecular flexibility index (Phi) is 5.32. The van der Waals surface area contributed by atoms with Gasteiger partial charge in [-0.25, -0.2) is 8.42 Å². The summed E-state index contributed by atoms with van der Waals surface area (Å²) >= 11 is 0.